The smallest absolute Gasteiger partial charge is 0.292 e. The minimum atomic E-state index is 0.0144. The van der Waals surface area contributed by atoms with Gasteiger partial charge in [0.1, 0.15) is 0 Å². The van der Waals surface area contributed by atoms with Crippen molar-refractivity contribution in [3.05, 3.63) is 17.5 Å². The molecule has 6 nitrogen and oxygen atoms in total. The molecule has 6 heteroatoms. The van der Waals surface area contributed by atoms with E-state index >= 15 is 0 Å². The molecule has 3 heterocycles. The molecule has 162 valence electrons. The van der Waals surface area contributed by atoms with Crippen LogP contribution in [0.25, 0.3) is 0 Å². The molecular formula is C23H38N4O2. The van der Waals surface area contributed by atoms with Gasteiger partial charge in [0.2, 0.25) is 5.76 Å². The Morgan fingerprint density at radius 3 is 2.62 bits per heavy atom. The van der Waals surface area contributed by atoms with Crippen molar-refractivity contribution in [2.45, 2.75) is 70.8 Å². The predicted molar refractivity (Wildman–Crippen MR) is 114 cm³/mol. The van der Waals surface area contributed by atoms with E-state index in [1.54, 1.807) is 6.07 Å². The van der Waals surface area contributed by atoms with Crippen LogP contribution in [0.3, 0.4) is 0 Å². The third-order valence-electron chi connectivity index (χ3n) is 7.13. The van der Waals surface area contributed by atoms with E-state index in [9.17, 15) is 4.79 Å². The number of piperidine rings is 2. The van der Waals surface area contributed by atoms with Crippen molar-refractivity contribution >= 4 is 5.91 Å². The van der Waals surface area contributed by atoms with Crippen LogP contribution in [0.15, 0.2) is 10.6 Å². The molecule has 1 aliphatic carbocycles. The molecule has 2 aliphatic heterocycles. The lowest BCUT2D eigenvalue weighted by Crippen LogP contribution is -2.47. The molecule has 1 aromatic heterocycles. The zero-order valence-corrected chi connectivity index (χ0v) is 18.2. The number of likely N-dealkylation sites (tertiary alicyclic amines) is 2. The van der Waals surface area contributed by atoms with Gasteiger partial charge in [-0.05, 0) is 71.0 Å². The van der Waals surface area contributed by atoms with Crippen LogP contribution >= 0.6 is 0 Å². The maximum atomic E-state index is 13.2. The molecule has 3 aliphatic rings. The highest BCUT2D eigenvalue weighted by Gasteiger charge is 2.30. The lowest BCUT2D eigenvalue weighted by molar-refractivity contribution is 0.0574. The van der Waals surface area contributed by atoms with Crippen molar-refractivity contribution in [3.8, 4) is 0 Å². The Morgan fingerprint density at radius 2 is 1.90 bits per heavy atom. The zero-order chi connectivity index (χ0) is 20.1. The number of nitrogens with zero attached hydrogens (tertiary/aromatic N) is 4. The van der Waals surface area contributed by atoms with Crippen molar-refractivity contribution < 1.29 is 9.32 Å². The first-order valence-electron chi connectivity index (χ1n) is 11.9. The average Bonchev–Trinajstić information content (AvgIpc) is 3.44. The molecule has 0 bridgehead atoms. The number of carbonyl (C=O) groups is 1. The van der Waals surface area contributed by atoms with Gasteiger partial charge in [-0.15, -0.1) is 0 Å². The van der Waals surface area contributed by atoms with Gasteiger partial charge >= 0.3 is 0 Å². The van der Waals surface area contributed by atoms with E-state index in [2.05, 4.69) is 19.9 Å². The molecule has 2 saturated heterocycles. The monoisotopic (exact) mass is 402 g/mol. The topological polar surface area (TPSA) is 52.8 Å². The van der Waals surface area contributed by atoms with Crippen LogP contribution in [-0.2, 0) is 0 Å². The number of amides is 1. The molecule has 3 fully saturated rings. The second kappa shape index (κ2) is 10.1. The molecule has 1 amide bonds. The molecule has 0 radical (unpaired) electrons. The standard InChI is InChI=1S/C23H38N4O2/c1-19-16-22(29-24-19)23(28)27(15-14-25-11-5-2-6-12-25)18-20-8-7-13-26(17-20)21-9-3-4-10-21/h16,20-21H,2-15,17-18H2,1H3. The van der Waals surface area contributed by atoms with Gasteiger partial charge in [0.05, 0.1) is 5.69 Å². The Morgan fingerprint density at radius 1 is 1.10 bits per heavy atom. The fourth-order valence-corrected chi connectivity index (χ4v) is 5.50. The lowest BCUT2D eigenvalue weighted by atomic mass is 9.95. The van der Waals surface area contributed by atoms with E-state index in [-0.39, 0.29) is 5.91 Å². The summed E-state index contributed by atoms with van der Waals surface area (Å²) in [5, 5.41) is 3.94. The second-order valence-electron chi connectivity index (χ2n) is 9.43. The van der Waals surface area contributed by atoms with E-state index < -0.39 is 0 Å². The maximum absolute atomic E-state index is 13.2. The van der Waals surface area contributed by atoms with E-state index in [4.69, 9.17) is 4.52 Å². The first-order valence-corrected chi connectivity index (χ1v) is 11.9. The normalized spacial score (nSPS) is 24.8. The van der Waals surface area contributed by atoms with Gasteiger partial charge in [-0.2, -0.15) is 0 Å². The van der Waals surface area contributed by atoms with Crippen LogP contribution in [0.2, 0.25) is 0 Å². The molecule has 1 atom stereocenters. The summed E-state index contributed by atoms with van der Waals surface area (Å²) in [4.78, 5) is 20.5. The summed E-state index contributed by atoms with van der Waals surface area (Å²) in [6.45, 7) is 9.20. The van der Waals surface area contributed by atoms with Crippen LogP contribution in [0, 0.1) is 12.8 Å². The summed E-state index contributed by atoms with van der Waals surface area (Å²) in [7, 11) is 0. The Bertz CT molecular complexity index is 649. The highest BCUT2D eigenvalue weighted by Crippen LogP contribution is 2.28. The van der Waals surface area contributed by atoms with Crippen LogP contribution in [0.1, 0.15) is 74.0 Å². The van der Waals surface area contributed by atoms with Gasteiger partial charge in [-0.3, -0.25) is 4.79 Å². The van der Waals surface area contributed by atoms with E-state index in [0.717, 1.165) is 37.9 Å². The number of hydrogen-bond acceptors (Lipinski definition) is 5. The quantitative estimate of drug-likeness (QED) is 0.698. The first kappa shape index (κ1) is 20.9. The van der Waals surface area contributed by atoms with Gasteiger partial charge in [-0.1, -0.05) is 24.4 Å². The fraction of sp³-hybridized carbons (Fsp3) is 0.826. The molecule has 1 saturated carbocycles. The summed E-state index contributed by atoms with van der Waals surface area (Å²) in [6, 6.07) is 2.56. The van der Waals surface area contributed by atoms with E-state index in [1.165, 1.54) is 77.4 Å². The van der Waals surface area contributed by atoms with Crippen molar-refractivity contribution in [2.24, 2.45) is 5.92 Å². The molecule has 0 spiro atoms. The van der Waals surface area contributed by atoms with E-state index in [1.807, 2.05) is 6.92 Å². The fourth-order valence-electron chi connectivity index (χ4n) is 5.50. The van der Waals surface area contributed by atoms with Gasteiger partial charge in [0.15, 0.2) is 0 Å². The highest BCUT2D eigenvalue weighted by atomic mass is 16.5. The van der Waals surface area contributed by atoms with Crippen LogP contribution in [-0.4, -0.2) is 77.6 Å². The second-order valence-corrected chi connectivity index (χ2v) is 9.43. The minimum absolute atomic E-state index is 0.0144. The molecule has 1 aromatic rings. The van der Waals surface area contributed by atoms with Crippen molar-refractivity contribution in [2.75, 3.05) is 45.8 Å². The summed E-state index contributed by atoms with van der Waals surface area (Å²) in [5.41, 5.74) is 0.773. The summed E-state index contributed by atoms with van der Waals surface area (Å²) < 4.78 is 5.33. The Hall–Kier alpha value is -1.40. The largest absolute Gasteiger partial charge is 0.351 e. The summed E-state index contributed by atoms with van der Waals surface area (Å²) in [6.07, 6.45) is 11.9. The molecule has 29 heavy (non-hydrogen) atoms. The molecule has 0 aromatic carbocycles. The molecule has 4 rings (SSSR count). The van der Waals surface area contributed by atoms with Gasteiger partial charge in [-0.25, -0.2) is 0 Å². The summed E-state index contributed by atoms with van der Waals surface area (Å²) >= 11 is 0. The third-order valence-corrected chi connectivity index (χ3v) is 7.13. The van der Waals surface area contributed by atoms with Gasteiger partial charge in [0.25, 0.3) is 5.91 Å². The highest BCUT2D eigenvalue weighted by molar-refractivity contribution is 5.91. The number of hydrogen-bond donors (Lipinski definition) is 0. The zero-order valence-electron chi connectivity index (χ0n) is 18.2. The van der Waals surface area contributed by atoms with Gasteiger partial charge in [0, 0.05) is 38.3 Å². The Kier molecular flexibility index (Phi) is 7.24. The molecule has 1 unspecified atom stereocenters. The number of aromatic nitrogens is 1. The Labute approximate surface area is 175 Å². The molecular weight excluding hydrogens is 364 g/mol. The predicted octanol–water partition coefficient (Wildman–Crippen LogP) is 3.57. The van der Waals surface area contributed by atoms with Crippen molar-refractivity contribution in [3.63, 3.8) is 0 Å². The van der Waals surface area contributed by atoms with Crippen molar-refractivity contribution in [1.82, 2.24) is 19.9 Å². The number of carbonyl (C=O) groups excluding carboxylic acids is 1. The number of aryl methyl sites for hydroxylation is 1. The Balaban J connectivity index is 1.38. The lowest BCUT2D eigenvalue weighted by Gasteiger charge is -2.39. The van der Waals surface area contributed by atoms with Crippen LogP contribution in [0.4, 0.5) is 0 Å². The molecule has 0 N–H and O–H groups in total. The minimum Gasteiger partial charge on any atom is -0.351 e. The van der Waals surface area contributed by atoms with Crippen molar-refractivity contribution in [1.29, 1.82) is 0 Å². The van der Waals surface area contributed by atoms with Crippen LogP contribution < -0.4 is 0 Å². The average molecular weight is 403 g/mol. The first-order chi connectivity index (χ1) is 14.2. The maximum Gasteiger partial charge on any atom is 0.292 e. The van der Waals surface area contributed by atoms with Crippen LogP contribution in [0.5, 0.6) is 0 Å². The number of rotatable bonds is 7. The third kappa shape index (κ3) is 5.60. The van der Waals surface area contributed by atoms with E-state index in [0.29, 0.717) is 11.7 Å². The SMILES string of the molecule is Cc1cc(C(=O)N(CCN2CCCCC2)CC2CCCN(C3CCCC3)C2)on1. The van der Waals surface area contributed by atoms with Gasteiger partial charge < -0.3 is 19.2 Å². The summed E-state index contributed by atoms with van der Waals surface area (Å²) in [5.74, 6) is 0.976.